The van der Waals surface area contributed by atoms with E-state index in [1.54, 1.807) is 0 Å². The number of alkyl halides is 2. The van der Waals surface area contributed by atoms with Crippen LogP contribution < -0.4 is 0 Å². The zero-order valence-corrected chi connectivity index (χ0v) is 6.35. The van der Waals surface area contributed by atoms with Gasteiger partial charge in [0.25, 0.3) is 0 Å². The molecule has 1 aliphatic rings. The van der Waals surface area contributed by atoms with Crippen LogP contribution in [0.25, 0.3) is 0 Å². The zero-order valence-electron chi connectivity index (χ0n) is 5.59. The fraction of sp³-hybridized carbons (Fsp3) is 0.857. The van der Waals surface area contributed by atoms with Crippen molar-refractivity contribution in [1.82, 2.24) is 0 Å². The zero-order chi connectivity index (χ0) is 7.56. The van der Waals surface area contributed by atoms with Crippen molar-refractivity contribution in [2.75, 3.05) is 0 Å². The number of hydrogen-bond acceptors (Lipinski definition) is 1. The summed E-state index contributed by atoms with van der Waals surface area (Å²) >= 11 is 5.71. The van der Waals surface area contributed by atoms with Gasteiger partial charge in [0.15, 0.2) is 0 Å². The van der Waals surface area contributed by atoms with Crippen LogP contribution in [0.4, 0.5) is 4.39 Å². The fourth-order valence-electron chi connectivity index (χ4n) is 1.29. The summed E-state index contributed by atoms with van der Waals surface area (Å²) in [7, 11) is 0. The first-order valence-electron chi connectivity index (χ1n) is 3.49. The molecule has 0 heterocycles. The normalized spacial score (nSPS) is 41.2. The lowest BCUT2D eigenvalue weighted by atomic mass is 9.88. The van der Waals surface area contributed by atoms with Crippen LogP contribution in [0.3, 0.4) is 0 Å². The Morgan fingerprint density at radius 3 is 2.60 bits per heavy atom. The maximum absolute atomic E-state index is 12.8. The molecule has 0 aromatic rings. The van der Waals surface area contributed by atoms with Crippen molar-refractivity contribution in [3.8, 4) is 0 Å². The molecule has 0 bridgehead atoms. The minimum atomic E-state index is -1.01. The number of hydrogen-bond donors (Lipinski definition) is 0. The van der Waals surface area contributed by atoms with E-state index in [9.17, 15) is 9.18 Å². The highest BCUT2D eigenvalue weighted by Gasteiger charge is 2.31. The number of rotatable bonds is 1. The molecule has 1 aliphatic carbocycles. The molecule has 0 spiro atoms. The lowest BCUT2D eigenvalue weighted by Gasteiger charge is -2.25. The van der Waals surface area contributed by atoms with Gasteiger partial charge < -0.3 is 4.79 Å². The first-order chi connectivity index (χ1) is 4.75. The van der Waals surface area contributed by atoms with Crippen LogP contribution in [0.1, 0.15) is 19.3 Å². The van der Waals surface area contributed by atoms with E-state index in [1.165, 1.54) is 0 Å². The topological polar surface area (TPSA) is 17.1 Å². The Hall–Kier alpha value is -0.110. The standard InChI is InChI=1S/C7H10ClFO/c8-6-2-1-3-7(9)5(6)4-10/h4-7H,1-3H2. The monoisotopic (exact) mass is 164 g/mol. The van der Waals surface area contributed by atoms with Crippen LogP contribution in [-0.2, 0) is 4.79 Å². The highest BCUT2D eigenvalue weighted by atomic mass is 35.5. The average molecular weight is 165 g/mol. The van der Waals surface area contributed by atoms with E-state index in [-0.39, 0.29) is 5.38 Å². The van der Waals surface area contributed by atoms with E-state index in [2.05, 4.69) is 0 Å². The van der Waals surface area contributed by atoms with E-state index < -0.39 is 12.1 Å². The molecule has 0 aromatic heterocycles. The molecule has 3 atom stereocenters. The summed E-state index contributed by atoms with van der Waals surface area (Å²) in [5, 5.41) is -0.277. The summed E-state index contributed by atoms with van der Waals surface area (Å²) < 4.78 is 12.8. The quantitative estimate of drug-likeness (QED) is 0.428. The van der Waals surface area contributed by atoms with Crippen molar-refractivity contribution in [2.45, 2.75) is 30.8 Å². The maximum atomic E-state index is 12.8. The van der Waals surface area contributed by atoms with Crippen molar-refractivity contribution in [3.05, 3.63) is 0 Å². The number of halogens is 2. The molecule has 1 nitrogen and oxygen atoms in total. The third kappa shape index (κ3) is 1.48. The van der Waals surface area contributed by atoms with Gasteiger partial charge in [-0.15, -0.1) is 11.6 Å². The van der Waals surface area contributed by atoms with Gasteiger partial charge in [-0.2, -0.15) is 0 Å². The van der Waals surface area contributed by atoms with Gasteiger partial charge in [-0.25, -0.2) is 4.39 Å². The second kappa shape index (κ2) is 3.33. The van der Waals surface area contributed by atoms with Crippen molar-refractivity contribution >= 4 is 17.9 Å². The van der Waals surface area contributed by atoms with Crippen molar-refractivity contribution in [2.24, 2.45) is 5.92 Å². The molecule has 0 saturated heterocycles. The second-order valence-electron chi connectivity index (χ2n) is 2.68. The fourth-order valence-corrected chi connectivity index (χ4v) is 1.66. The molecule has 1 rings (SSSR count). The van der Waals surface area contributed by atoms with Gasteiger partial charge >= 0.3 is 0 Å². The lowest BCUT2D eigenvalue weighted by Crippen LogP contribution is -2.31. The van der Waals surface area contributed by atoms with Gasteiger partial charge in [-0.05, 0) is 19.3 Å². The van der Waals surface area contributed by atoms with Gasteiger partial charge in [0.05, 0.1) is 5.92 Å². The summed E-state index contributed by atoms with van der Waals surface area (Å²) in [5.74, 6) is -0.560. The Labute approximate surface area is 64.6 Å². The van der Waals surface area contributed by atoms with Crippen LogP contribution in [0.5, 0.6) is 0 Å². The molecule has 0 amide bonds. The smallest absolute Gasteiger partial charge is 0.127 e. The minimum absolute atomic E-state index is 0.277. The number of carbonyl (C=O) groups excluding carboxylic acids is 1. The Balaban J connectivity index is 2.53. The summed E-state index contributed by atoms with van der Waals surface area (Å²) in [6.45, 7) is 0. The Morgan fingerprint density at radius 1 is 1.50 bits per heavy atom. The minimum Gasteiger partial charge on any atom is -0.303 e. The van der Waals surface area contributed by atoms with Gasteiger partial charge in [0, 0.05) is 5.38 Å². The molecule has 1 saturated carbocycles. The van der Waals surface area contributed by atoms with Crippen molar-refractivity contribution in [1.29, 1.82) is 0 Å². The van der Waals surface area contributed by atoms with E-state index in [1.807, 2.05) is 0 Å². The van der Waals surface area contributed by atoms with Gasteiger partial charge in [0.1, 0.15) is 12.5 Å². The van der Waals surface area contributed by atoms with Crippen molar-refractivity contribution < 1.29 is 9.18 Å². The van der Waals surface area contributed by atoms with Gasteiger partial charge in [-0.1, -0.05) is 0 Å². The summed E-state index contributed by atoms with van der Waals surface area (Å²) in [5.41, 5.74) is 0. The predicted molar refractivity (Wildman–Crippen MR) is 37.9 cm³/mol. The first kappa shape index (κ1) is 7.99. The number of aldehydes is 1. The molecule has 3 heteroatoms. The van der Waals surface area contributed by atoms with E-state index in [0.717, 1.165) is 12.8 Å². The van der Waals surface area contributed by atoms with Crippen LogP contribution in [-0.4, -0.2) is 17.8 Å². The third-order valence-electron chi connectivity index (χ3n) is 1.95. The van der Waals surface area contributed by atoms with Gasteiger partial charge in [0.2, 0.25) is 0 Å². The Kier molecular flexibility index (Phi) is 2.66. The molecule has 0 aromatic carbocycles. The van der Waals surface area contributed by atoms with Crippen LogP contribution in [0.15, 0.2) is 0 Å². The predicted octanol–water partition coefficient (Wildman–Crippen LogP) is 1.93. The molecular weight excluding hydrogens is 155 g/mol. The Morgan fingerprint density at radius 2 is 2.20 bits per heavy atom. The molecule has 0 N–H and O–H groups in total. The third-order valence-corrected chi connectivity index (χ3v) is 2.46. The lowest BCUT2D eigenvalue weighted by molar-refractivity contribution is -0.113. The van der Waals surface area contributed by atoms with Crippen LogP contribution >= 0.6 is 11.6 Å². The SMILES string of the molecule is O=CC1C(F)CCCC1Cl. The highest BCUT2D eigenvalue weighted by Crippen LogP contribution is 2.29. The van der Waals surface area contributed by atoms with E-state index >= 15 is 0 Å². The second-order valence-corrected chi connectivity index (χ2v) is 3.24. The van der Waals surface area contributed by atoms with Crippen LogP contribution in [0.2, 0.25) is 0 Å². The molecule has 3 unspecified atom stereocenters. The van der Waals surface area contributed by atoms with E-state index in [0.29, 0.717) is 12.7 Å². The largest absolute Gasteiger partial charge is 0.303 e. The van der Waals surface area contributed by atoms with Gasteiger partial charge in [-0.3, -0.25) is 0 Å². The Bertz CT molecular complexity index is 119. The molecule has 0 radical (unpaired) electrons. The average Bonchev–Trinajstić information content (AvgIpc) is 1.88. The summed E-state index contributed by atoms with van der Waals surface area (Å²) in [4.78, 5) is 10.3. The number of carbonyl (C=O) groups is 1. The van der Waals surface area contributed by atoms with Crippen LogP contribution in [0, 0.1) is 5.92 Å². The molecule has 0 aliphatic heterocycles. The van der Waals surface area contributed by atoms with E-state index in [4.69, 9.17) is 11.6 Å². The molecule has 1 fully saturated rings. The maximum Gasteiger partial charge on any atom is 0.127 e. The molecule has 58 valence electrons. The first-order valence-corrected chi connectivity index (χ1v) is 3.93. The summed E-state index contributed by atoms with van der Waals surface area (Å²) in [6, 6.07) is 0. The summed E-state index contributed by atoms with van der Waals surface area (Å²) in [6.07, 6.45) is 1.70. The van der Waals surface area contributed by atoms with Crippen molar-refractivity contribution in [3.63, 3.8) is 0 Å². The molecular formula is C7H10ClFO. The highest BCUT2D eigenvalue weighted by molar-refractivity contribution is 6.21. The molecule has 10 heavy (non-hydrogen) atoms.